The summed E-state index contributed by atoms with van der Waals surface area (Å²) in [7, 11) is 0. The van der Waals surface area contributed by atoms with E-state index in [0.717, 1.165) is 4.68 Å². The van der Waals surface area contributed by atoms with Gasteiger partial charge in [-0.2, -0.15) is 9.78 Å². The smallest absolute Gasteiger partial charge is 0.282 e. The zero-order valence-electron chi connectivity index (χ0n) is 21.9. The predicted molar refractivity (Wildman–Crippen MR) is 155 cm³/mol. The number of amides is 1. The molecule has 1 aliphatic heterocycles. The number of nitro benzene ring substituents is 1. The van der Waals surface area contributed by atoms with Crippen LogP contribution in [0.15, 0.2) is 81.0 Å². The Labute approximate surface area is 242 Å². The molecule has 0 unspecified atom stereocenters. The van der Waals surface area contributed by atoms with E-state index in [2.05, 4.69) is 10.1 Å². The summed E-state index contributed by atoms with van der Waals surface area (Å²) in [4.78, 5) is 43.5. The number of aromatic nitrogens is 2. The monoisotopic (exact) mass is 587 g/mol. The zero-order valence-corrected chi connectivity index (χ0v) is 22.7. The first-order chi connectivity index (χ1) is 20.4. The Kier molecular flexibility index (Phi) is 7.38. The molecule has 0 radical (unpaired) electrons. The van der Waals surface area contributed by atoms with Crippen molar-refractivity contribution in [2.45, 2.75) is 0 Å². The van der Waals surface area contributed by atoms with Gasteiger partial charge in [-0.15, -0.1) is 0 Å². The predicted octanol–water partition coefficient (Wildman–Crippen LogP) is 4.49. The molecule has 13 heteroatoms. The number of rotatable bonds is 7. The Balaban J connectivity index is 1.41. The minimum absolute atomic E-state index is 0.109. The molecule has 42 heavy (non-hydrogen) atoms. The molecule has 212 valence electrons. The third-order valence-electron chi connectivity index (χ3n) is 6.68. The van der Waals surface area contributed by atoms with Crippen LogP contribution in [0.2, 0.25) is 5.02 Å². The molecule has 0 saturated carbocycles. The van der Waals surface area contributed by atoms with Gasteiger partial charge in [-0.05, 0) is 42.5 Å². The Hall–Kier alpha value is -5.07. The van der Waals surface area contributed by atoms with E-state index >= 15 is 0 Å². The number of furan rings is 1. The number of hydrogen-bond acceptors (Lipinski definition) is 9. The molecular formula is C29H22ClN5O7. The Morgan fingerprint density at radius 2 is 1.93 bits per heavy atom. The number of benzene rings is 3. The molecule has 1 saturated heterocycles. The second kappa shape index (κ2) is 11.4. The van der Waals surface area contributed by atoms with Gasteiger partial charge in [0.15, 0.2) is 12.4 Å². The van der Waals surface area contributed by atoms with Gasteiger partial charge in [-0.25, -0.2) is 4.98 Å². The van der Waals surface area contributed by atoms with Crippen LogP contribution in [0, 0.1) is 10.1 Å². The van der Waals surface area contributed by atoms with Crippen molar-refractivity contribution >= 4 is 51.3 Å². The van der Waals surface area contributed by atoms with Crippen molar-refractivity contribution in [2.24, 2.45) is 5.10 Å². The lowest BCUT2D eigenvalue weighted by Gasteiger charge is -2.26. The summed E-state index contributed by atoms with van der Waals surface area (Å²) in [6.45, 7) is 1.49. The highest BCUT2D eigenvalue weighted by atomic mass is 35.5. The number of nitrogens with zero attached hydrogens (tertiary/aromatic N) is 5. The first-order valence-electron chi connectivity index (χ1n) is 12.9. The van der Waals surface area contributed by atoms with E-state index in [-0.39, 0.29) is 41.1 Å². The molecule has 1 amide bonds. The Morgan fingerprint density at radius 1 is 1.12 bits per heavy atom. The van der Waals surface area contributed by atoms with E-state index in [4.69, 9.17) is 25.5 Å². The van der Waals surface area contributed by atoms with Gasteiger partial charge in [0.2, 0.25) is 5.82 Å². The number of carbonyl (C=O) groups is 1. The van der Waals surface area contributed by atoms with E-state index < -0.39 is 10.5 Å². The third-order valence-corrected chi connectivity index (χ3v) is 6.92. The normalized spacial score (nSPS) is 13.7. The van der Waals surface area contributed by atoms with Crippen LogP contribution in [0.5, 0.6) is 5.75 Å². The number of para-hydroxylation sites is 1. The fourth-order valence-corrected chi connectivity index (χ4v) is 4.74. The van der Waals surface area contributed by atoms with E-state index in [9.17, 15) is 19.7 Å². The van der Waals surface area contributed by atoms with E-state index in [1.807, 2.05) is 0 Å². The van der Waals surface area contributed by atoms with Gasteiger partial charge >= 0.3 is 0 Å². The van der Waals surface area contributed by atoms with Crippen LogP contribution in [-0.4, -0.2) is 64.5 Å². The summed E-state index contributed by atoms with van der Waals surface area (Å²) < 4.78 is 18.1. The summed E-state index contributed by atoms with van der Waals surface area (Å²) in [5.41, 5.74) is 0.443. The highest BCUT2D eigenvalue weighted by Crippen LogP contribution is 2.29. The summed E-state index contributed by atoms with van der Waals surface area (Å²) >= 11 is 6.14. The van der Waals surface area contributed by atoms with Crippen LogP contribution in [0.4, 0.5) is 5.69 Å². The average molecular weight is 588 g/mol. The quantitative estimate of drug-likeness (QED) is 0.154. The second-order valence-corrected chi connectivity index (χ2v) is 9.80. The van der Waals surface area contributed by atoms with Crippen LogP contribution in [0.25, 0.3) is 33.5 Å². The Morgan fingerprint density at radius 3 is 2.74 bits per heavy atom. The molecule has 6 rings (SSSR count). The van der Waals surface area contributed by atoms with Gasteiger partial charge in [0.05, 0.1) is 35.3 Å². The maximum Gasteiger partial charge on any atom is 0.282 e. The SMILES string of the molecule is O=C(COc1ccc([N+](=O)[O-])cc1C=Nn1c(-c2cc3cc(Cl)ccc3o2)nc2ccccc2c1=O)N1CCOCC1. The van der Waals surface area contributed by atoms with Crippen LogP contribution in [-0.2, 0) is 9.53 Å². The van der Waals surface area contributed by atoms with Gasteiger partial charge in [0.1, 0.15) is 11.3 Å². The number of nitro groups is 1. The van der Waals surface area contributed by atoms with Gasteiger partial charge in [-0.3, -0.25) is 19.7 Å². The molecule has 3 aromatic carbocycles. The minimum atomic E-state index is -0.561. The number of non-ortho nitro benzene ring substituents is 1. The van der Waals surface area contributed by atoms with E-state index in [0.29, 0.717) is 53.2 Å². The van der Waals surface area contributed by atoms with Crippen LogP contribution in [0.1, 0.15) is 5.56 Å². The Bertz CT molecular complexity index is 1930. The van der Waals surface area contributed by atoms with Crippen LogP contribution >= 0.6 is 11.6 Å². The van der Waals surface area contributed by atoms with Crippen LogP contribution in [0.3, 0.4) is 0 Å². The van der Waals surface area contributed by atoms with Crippen molar-refractivity contribution in [3.63, 3.8) is 0 Å². The van der Waals surface area contributed by atoms with Crippen LogP contribution < -0.4 is 10.3 Å². The third kappa shape index (κ3) is 5.45. The number of carbonyl (C=O) groups excluding carboxylic acids is 1. The number of halogens is 1. The summed E-state index contributed by atoms with van der Waals surface area (Å²) in [5, 5.41) is 17.4. The first-order valence-corrected chi connectivity index (χ1v) is 13.3. The van der Waals surface area contributed by atoms with Crippen molar-refractivity contribution in [3.8, 4) is 17.3 Å². The molecule has 1 fully saturated rings. The maximum absolute atomic E-state index is 13.6. The minimum Gasteiger partial charge on any atom is -0.483 e. The summed E-state index contributed by atoms with van der Waals surface area (Å²) in [6, 6.07) is 17.5. The second-order valence-electron chi connectivity index (χ2n) is 9.37. The van der Waals surface area contributed by atoms with Crippen molar-refractivity contribution in [2.75, 3.05) is 32.9 Å². The summed E-state index contributed by atoms with van der Waals surface area (Å²) in [5.74, 6) is 0.297. The highest BCUT2D eigenvalue weighted by Gasteiger charge is 2.20. The zero-order chi connectivity index (χ0) is 29.2. The molecular weight excluding hydrogens is 566 g/mol. The maximum atomic E-state index is 13.6. The molecule has 12 nitrogen and oxygen atoms in total. The molecule has 0 bridgehead atoms. The topological polar surface area (TPSA) is 142 Å². The fourth-order valence-electron chi connectivity index (χ4n) is 4.56. The average Bonchev–Trinajstić information content (AvgIpc) is 3.43. The van der Waals surface area contributed by atoms with E-state index in [1.54, 1.807) is 53.4 Å². The molecule has 0 N–H and O–H groups in total. The molecule has 2 aromatic heterocycles. The van der Waals surface area contributed by atoms with Crippen molar-refractivity contribution in [1.29, 1.82) is 0 Å². The lowest BCUT2D eigenvalue weighted by molar-refractivity contribution is -0.384. The van der Waals surface area contributed by atoms with E-state index in [1.165, 1.54) is 24.4 Å². The molecule has 0 spiro atoms. The van der Waals surface area contributed by atoms with Gasteiger partial charge in [0.25, 0.3) is 17.2 Å². The van der Waals surface area contributed by atoms with Gasteiger partial charge < -0.3 is 18.8 Å². The number of ether oxygens (including phenoxy) is 2. The molecule has 0 aliphatic carbocycles. The molecule has 5 aromatic rings. The lowest BCUT2D eigenvalue weighted by atomic mass is 10.2. The lowest BCUT2D eigenvalue weighted by Crippen LogP contribution is -2.43. The van der Waals surface area contributed by atoms with Crippen molar-refractivity contribution < 1.29 is 23.6 Å². The molecule has 1 aliphatic rings. The first kappa shape index (κ1) is 27.1. The standard InChI is InChI=1S/C29H22ClN5O7/c30-20-5-7-25-18(13-20)15-26(42-25)28-32-23-4-2-1-3-22(23)29(37)34(28)31-16-19-14-21(35(38)39)6-8-24(19)41-17-27(36)33-9-11-40-12-10-33/h1-8,13-16H,9-12,17H2. The molecule has 3 heterocycles. The largest absolute Gasteiger partial charge is 0.483 e. The van der Waals surface area contributed by atoms with Gasteiger partial charge in [0, 0.05) is 41.2 Å². The number of fused-ring (bicyclic) bond motifs is 2. The van der Waals surface area contributed by atoms with Crippen molar-refractivity contribution in [1.82, 2.24) is 14.6 Å². The highest BCUT2D eigenvalue weighted by molar-refractivity contribution is 6.31. The summed E-state index contributed by atoms with van der Waals surface area (Å²) in [6.07, 6.45) is 1.25. The van der Waals surface area contributed by atoms with Gasteiger partial charge in [-0.1, -0.05) is 23.7 Å². The molecule has 0 atom stereocenters. The van der Waals surface area contributed by atoms with Crippen molar-refractivity contribution in [3.05, 3.63) is 97.8 Å². The number of hydrogen-bond donors (Lipinski definition) is 0. The number of morpholine rings is 1. The fraction of sp³-hybridized carbons (Fsp3) is 0.172.